The molecule has 0 bridgehead atoms. The highest BCUT2D eigenvalue weighted by Crippen LogP contribution is 2.38. The van der Waals surface area contributed by atoms with E-state index in [0.717, 1.165) is 25.7 Å². The van der Waals surface area contributed by atoms with Gasteiger partial charge in [-0.25, -0.2) is 0 Å². The van der Waals surface area contributed by atoms with Gasteiger partial charge in [-0.15, -0.1) is 6.42 Å². The van der Waals surface area contributed by atoms with Gasteiger partial charge in [0.15, 0.2) is 0 Å². The Morgan fingerprint density at radius 3 is 2.46 bits per heavy atom. The molecule has 0 unspecified atom stereocenters. The van der Waals surface area contributed by atoms with E-state index in [2.05, 4.69) is 19.8 Å². The number of rotatable bonds is 2. The van der Waals surface area contributed by atoms with Crippen molar-refractivity contribution in [3.05, 3.63) is 0 Å². The Kier molecular flexibility index (Phi) is 3.14. The summed E-state index contributed by atoms with van der Waals surface area (Å²) in [5, 5.41) is 0. The van der Waals surface area contributed by atoms with E-state index >= 15 is 0 Å². The predicted octanol–water partition coefficient (Wildman–Crippen LogP) is 2.80. The van der Waals surface area contributed by atoms with Gasteiger partial charge in [-0.2, -0.15) is 0 Å². The Hall–Kier alpha value is -0.770. The maximum absolute atomic E-state index is 11.5. The van der Waals surface area contributed by atoms with Gasteiger partial charge in [-0.3, -0.25) is 4.79 Å². The molecule has 0 atom stereocenters. The number of terminal acetylenes is 1. The van der Waals surface area contributed by atoms with Crippen molar-refractivity contribution in [2.45, 2.75) is 46.0 Å². The molecule has 13 heavy (non-hydrogen) atoms. The summed E-state index contributed by atoms with van der Waals surface area (Å²) in [5.41, 5.74) is 0.437. The highest BCUT2D eigenvalue weighted by atomic mass is 16.1. The molecule has 0 spiro atoms. The maximum Gasteiger partial charge on any atom is 0.147 e. The van der Waals surface area contributed by atoms with Crippen molar-refractivity contribution in [2.75, 3.05) is 0 Å². The fraction of sp³-hybridized carbons (Fsp3) is 0.750. The topological polar surface area (TPSA) is 17.1 Å². The van der Waals surface area contributed by atoms with Gasteiger partial charge in [0.2, 0.25) is 0 Å². The molecule has 0 heterocycles. The van der Waals surface area contributed by atoms with Crippen LogP contribution in [0.1, 0.15) is 46.0 Å². The van der Waals surface area contributed by atoms with Crippen molar-refractivity contribution >= 4 is 5.78 Å². The van der Waals surface area contributed by atoms with Gasteiger partial charge < -0.3 is 0 Å². The van der Waals surface area contributed by atoms with Gasteiger partial charge in [0.25, 0.3) is 0 Å². The summed E-state index contributed by atoms with van der Waals surface area (Å²) in [7, 11) is 0. The smallest absolute Gasteiger partial charge is 0.147 e. The van der Waals surface area contributed by atoms with Crippen LogP contribution in [0.4, 0.5) is 0 Å². The van der Waals surface area contributed by atoms with E-state index in [0.29, 0.717) is 11.8 Å². The van der Waals surface area contributed by atoms with Crippen molar-refractivity contribution in [1.82, 2.24) is 0 Å². The van der Waals surface area contributed by atoms with Crippen molar-refractivity contribution < 1.29 is 4.79 Å². The summed E-state index contributed by atoms with van der Waals surface area (Å²) in [4.78, 5) is 11.5. The van der Waals surface area contributed by atoms with Crippen LogP contribution in [0.25, 0.3) is 0 Å². The van der Waals surface area contributed by atoms with Crippen LogP contribution in [0.15, 0.2) is 0 Å². The second-order valence-electron chi connectivity index (χ2n) is 4.79. The first-order valence-electron chi connectivity index (χ1n) is 5.01. The zero-order chi connectivity index (χ0) is 9.90. The average Bonchev–Trinajstić information content (AvgIpc) is 2.04. The Morgan fingerprint density at radius 1 is 1.46 bits per heavy atom. The van der Waals surface area contributed by atoms with Crippen LogP contribution in [-0.2, 0) is 4.79 Å². The number of hydrogen-bond donors (Lipinski definition) is 0. The lowest BCUT2D eigenvalue weighted by Gasteiger charge is -2.33. The van der Waals surface area contributed by atoms with Crippen LogP contribution in [0.2, 0.25) is 0 Å². The molecule has 1 nitrogen and oxygen atoms in total. The van der Waals surface area contributed by atoms with Crippen molar-refractivity contribution in [3.8, 4) is 12.3 Å². The molecule has 0 radical (unpaired) electrons. The molecule has 0 N–H and O–H groups in total. The summed E-state index contributed by atoms with van der Waals surface area (Å²) < 4.78 is 0. The molecule has 1 rings (SSSR count). The molecular weight excluding hydrogens is 160 g/mol. The Bertz CT molecular complexity index is 222. The minimum absolute atomic E-state index is 0.254. The van der Waals surface area contributed by atoms with Crippen molar-refractivity contribution in [2.24, 2.45) is 11.3 Å². The minimum atomic E-state index is 0.254. The summed E-state index contributed by atoms with van der Waals surface area (Å²) in [6.45, 7) is 4.55. The highest BCUT2D eigenvalue weighted by Gasteiger charge is 2.29. The van der Waals surface area contributed by atoms with E-state index < -0.39 is 0 Å². The van der Waals surface area contributed by atoms with E-state index in [9.17, 15) is 4.79 Å². The quantitative estimate of drug-likeness (QED) is 0.594. The van der Waals surface area contributed by atoms with Crippen LogP contribution in [0.3, 0.4) is 0 Å². The maximum atomic E-state index is 11.5. The standard InChI is InChI=1S/C12H18O/c1-4-5-11(13)10-6-8-12(2,3)9-7-10/h1,10H,5-9H2,2-3H3. The van der Waals surface area contributed by atoms with Gasteiger partial charge in [0.1, 0.15) is 5.78 Å². The molecule has 0 aromatic rings. The second-order valence-corrected chi connectivity index (χ2v) is 4.79. The van der Waals surface area contributed by atoms with E-state index in [-0.39, 0.29) is 11.7 Å². The van der Waals surface area contributed by atoms with Crippen LogP contribution in [0.5, 0.6) is 0 Å². The molecule has 0 aromatic heterocycles. The lowest BCUT2D eigenvalue weighted by Crippen LogP contribution is -2.25. The van der Waals surface area contributed by atoms with E-state index in [1.807, 2.05) is 0 Å². The molecule has 1 aliphatic carbocycles. The van der Waals surface area contributed by atoms with Gasteiger partial charge in [-0.05, 0) is 31.1 Å². The fourth-order valence-corrected chi connectivity index (χ4v) is 1.97. The highest BCUT2D eigenvalue weighted by molar-refractivity contribution is 5.83. The first kappa shape index (κ1) is 10.3. The van der Waals surface area contributed by atoms with Gasteiger partial charge in [0, 0.05) is 5.92 Å². The average molecular weight is 178 g/mol. The Morgan fingerprint density at radius 2 is 2.00 bits per heavy atom. The third kappa shape index (κ3) is 2.88. The van der Waals surface area contributed by atoms with Gasteiger partial charge >= 0.3 is 0 Å². The first-order valence-corrected chi connectivity index (χ1v) is 5.01. The number of Topliss-reactive ketones (excluding diaryl/α,β-unsaturated/α-hetero) is 1. The van der Waals surface area contributed by atoms with Gasteiger partial charge in [-0.1, -0.05) is 19.8 Å². The SMILES string of the molecule is C#CCC(=O)C1CCC(C)(C)CC1. The lowest BCUT2D eigenvalue weighted by molar-refractivity contribution is -0.123. The summed E-state index contributed by atoms with van der Waals surface area (Å²) >= 11 is 0. The monoisotopic (exact) mass is 178 g/mol. The fourth-order valence-electron chi connectivity index (χ4n) is 1.97. The van der Waals surface area contributed by atoms with Crippen LogP contribution in [-0.4, -0.2) is 5.78 Å². The van der Waals surface area contributed by atoms with Crippen LogP contribution >= 0.6 is 0 Å². The number of hydrogen-bond acceptors (Lipinski definition) is 1. The molecule has 0 aromatic carbocycles. The molecule has 0 saturated heterocycles. The number of carbonyl (C=O) groups is 1. The van der Waals surface area contributed by atoms with Crippen molar-refractivity contribution in [3.63, 3.8) is 0 Å². The molecule has 72 valence electrons. The molecule has 1 fully saturated rings. The largest absolute Gasteiger partial charge is 0.298 e. The lowest BCUT2D eigenvalue weighted by atomic mass is 9.72. The van der Waals surface area contributed by atoms with E-state index in [1.54, 1.807) is 0 Å². The van der Waals surface area contributed by atoms with Crippen molar-refractivity contribution in [1.29, 1.82) is 0 Å². The van der Waals surface area contributed by atoms with Gasteiger partial charge in [0.05, 0.1) is 6.42 Å². The third-order valence-corrected chi connectivity index (χ3v) is 3.07. The van der Waals surface area contributed by atoms with E-state index in [1.165, 1.54) is 0 Å². The summed E-state index contributed by atoms with van der Waals surface area (Å²) in [5.74, 6) is 2.97. The van der Waals surface area contributed by atoms with E-state index in [4.69, 9.17) is 6.42 Å². The Labute approximate surface area is 80.9 Å². The predicted molar refractivity (Wildman–Crippen MR) is 54.2 cm³/mol. The zero-order valence-corrected chi connectivity index (χ0v) is 8.60. The molecule has 1 heteroatoms. The molecule has 0 aliphatic heterocycles. The van der Waals surface area contributed by atoms with Crippen LogP contribution in [0, 0.1) is 23.7 Å². The second kappa shape index (κ2) is 3.96. The first-order chi connectivity index (χ1) is 6.05. The summed E-state index contributed by atoms with van der Waals surface area (Å²) in [6, 6.07) is 0. The van der Waals surface area contributed by atoms with Crippen LogP contribution < -0.4 is 0 Å². The molecular formula is C12H18O. The summed E-state index contributed by atoms with van der Waals surface area (Å²) in [6.07, 6.45) is 9.83. The normalized spacial score (nSPS) is 22.2. The molecule has 1 aliphatic rings. The third-order valence-electron chi connectivity index (χ3n) is 3.07. The zero-order valence-electron chi connectivity index (χ0n) is 8.60. The minimum Gasteiger partial charge on any atom is -0.298 e. The molecule has 1 saturated carbocycles. The molecule has 0 amide bonds. The number of carbonyl (C=O) groups excluding carboxylic acids is 1. The number of ketones is 1. The Balaban J connectivity index is 2.42.